The Morgan fingerprint density at radius 3 is 2.79 bits per heavy atom. The summed E-state index contributed by atoms with van der Waals surface area (Å²) < 4.78 is 11.6. The van der Waals surface area contributed by atoms with Crippen LogP contribution in [0.15, 0.2) is 58.1 Å². The molecule has 4 atom stereocenters. The standard InChI is InChI=1S/C24H31N3O2/c1-17(18-7-3-2-4-8-18)26-23(25-14-10-19-9-5-15-28-19)27-21-20-11-16-29-22(20)24(21)12-6-13-24/h2-5,7-9,15,17,20-22H,6,10-14,16H2,1H3,(H2,25,26,27). The second kappa shape index (κ2) is 7.86. The quantitative estimate of drug-likeness (QED) is 0.574. The molecule has 1 spiro atoms. The first kappa shape index (κ1) is 18.7. The van der Waals surface area contributed by atoms with E-state index in [4.69, 9.17) is 14.1 Å². The number of fused-ring (bicyclic) bond motifs is 2. The van der Waals surface area contributed by atoms with Crippen molar-refractivity contribution in [2.75, 3.05) is 13.2 Å². The highest BCUT2D eigenvalue weighted by atomic mass is 16.5. The van der Waals surface area contributed by atoms with Crippen molar-refractivity contribution >= 4 is 5.96 Å². The van der Waals surface area contributed by atoms with E-state index in [0.717, 1.165) is 31.2 Å². The van der Waals surface area contributed by atoms with Crippen LogP contribution in [0.1, 0.15) is 50.0 Å². The summed E-state index contributed by atoms with van der Waals surface area (Å²) in [5.41, 5.74) is 1.60. The minimum absolute atomic E-state index is 0.194. The largest absolute Gasteiger partial charge is 0.469 e. The number of furan rings is 1. The molecule has 2 aromatic rings. The summed E-state index contributed by atoms with van der Waals surface area (Å²) in [5.74, 6) is 2.52. The normalized spacial score (nSPS) is 28.3. The van der Waals surface area contributed by atoms with E-state index < -0.39 is 0 Å². The Morgan fingerprint density at radius 2 is 2.07 bits per heavy atom. The molecule has 1 aromatic carbocycles. The molecule has 1 aromatic heterocycles. The number of rotatable bonds is 6. The number of benzene rings is 1. The van der Waals surface area contributed by atoms with Gasteiger partial charge >= 0.3 is 0 Å². The first-order valence-corrected chi connectivity index (χ1v) is 11.0. The second-order valence-electron chi connectivity index (χ2n) is 8.79. The van der Waals surface area contributed by atoms with Crippen molar-refractivity contribution in [3.63, 3.8) is 0 Å². The third-order valence-electron chi connectivity index (χ3n) is 7.19. The van der Waals surface area contributed by atoms with Crippen LogP contribution in [0.25, 0.3) is 0 Å². The lowest BCUT2D eigenvalue weighted by Crippen LogP contribution is -2.72. The fraction of sp³-hybridized carbons (Fsp3) is 0.542. The van der Waals surface area contributed by atoms with Gasteiger partial charge in [-0.25, -0.2) is 0 Å². The molecule has 2 heterocycles. The van der Waals surface area contributed by atoms with Crippen molar-refractivity contribution in [2.24, 2.45) is 16.3 Å². The number of hydrogen-bond donors (Lipinski definition) is 2. The van der Waals surface area contributed by atoms with E-state index >= 15 is 0 Å². The molecule has 2 aliphatic carbocycles. The summed E-state index contributed by atoms with van der Waals surface area (Å²) in [4.78, 5) is 4.92. The molecular weight excluding hydrogens is 362 g/mol. The van der Waals surface area contributed by atoms with E-state index in [1.165, 1.54) is 24.8 Å². The van der Waals surface area contributed by atoms with Crippen molar-refractivity contribution in [2.45, 2.75) is 57.2 Å². The van der Waals surface area contributed by atoms with E-state index in [-0.39, 0.29) is 6.04 Å². The zero-order chi connectivity index (χ0) is 19.7. The fourth-order valence-electron chi connectivity index (χ4n) is 5.50. The van der Waals surface area contributed by atoms with Crippen molar-refractivity contribution in [1.29, 1.82) is 0 Å². The van der Waals surface area contributed by atoms with E-state index in [0.29, 0.717) is 30.0 Å². The molecule has 1 aliphatic heterocycles. The molecule has 1 saturated heterocycles. The molecule has 154 valence electrons. The van der Waals surface area contributed by atoms with Gasteiger partial charge in [0.05, 0.1) is 18.4 Å². The summed E-state index contributed by atoms with van der Waals surface area (Å²) in [5, 5.41) is 7.47. The van der Waals surface area contributed by atoms with Gasteiger partial charge in [-0.05, 0) is 43.9 Å². The summed E-state index contributed by atoms with van der Waals surface area (Å²) >= 11 is 0. The molecule has 0 radical (unpaired) electrons. The maximum absolute atomic E-state index is 6.09. The average molecular weight is 394 g/mol. The third-order valence-corrected chi connectivity index (χ3v) is 7.19. The van der Waals surface area contributed by atoms with Crippen LogP contribution in [-0.4, -0.2) is 31.3 Å². The zero-order valence-electron chi connectivity index (χ0n) is 17.1. The molecule has 5 heteroatoms. The van der Waals surface area contributed by atoms with Crippen molar-refractivity contribution in [3.05, 3.63) is 60.1 Å². The van der Waals surface area contributed by atoms with Gasteiger partial charge in [-0.15, -0.1) is 0 Å². The molecule has 3 fully saturated rings. The highest BCUT2D eigenvalue weighted by Crippen LogP contribution is 2.62. The van der Waals surface area contributed by atoms with Gasteiger partial charge in [-0.2, -0.15) is 0 Å². The predicted molar refractivity (Wildman–Crippen MR) is 114 cm³/mol. The van der Waals surface area contributed by atoms with E-state index in [2.05, 4.69) is 47.9 Å². The lowest BCUT2D eigenvalue weighted by atomic mass is 9.46. The predicted octanol–water partition coefficient (Wildman–Crippen LogP) is 4.08. The van der Waals surface area contributed by atoms with Crippen LogP contribution in [0.3, 0.4) is 0 Å². The van der Waals surface area contributed by atoms with Crippen LogP contribution in [-0.2, 0) is 11.2 Å². The molecule has 2 saturated carbocycles. The molecule has 5 rings (SSSR count). The number of guanidine groups is 1. The highest BCUT2D eigenvalue weighted by Gasteiger charge is 2.66. The van der Waals surface area contributed by atoms with Crippen molar-refractivity contribution in [1.82, 2.24) is 10.6 Å². The van der Waals surface area contributed by atoms with Gasteiger partial charge in [0.25, 0.3) is 0 Å². The Morgan fingerprint density at radius 1 is 1.21 bits per heavy atom. The number of nitrogens with one attached hydrogen (secondary N) is 2. The van der Waals surface area contributed by atoms with Crippen LogP contribution in [0.4, 0.5) is 0 Å². The lowest BCUT2D eigenvalue weighted by Gasteiger charge is -2.63. The Bertz CT molecular complexity index is 829. The van der Waals surface area contributed by atoms with Gasteiger partial charge in [0, 0.05) is 36.9 Å². The van der Waals surface area contributed by atoms with Gasteiger partial charge in [0.1, 0.15) is 5.76 Å². The van der Waals surface area contributed by atoms with Gasteiger partial charge in [0.2, 0.25) is 0 Å². The molecule has 0 bridgehead atoms. The zero-order valence-corrected chi connectivity index (χ0v) is 17.1. The maximum atomic E-state index is 6.09. The lowest BCUT2D eigenvalue weighted by molar-refractivity contribution is -0.171. The van der Waals surface area contributed by atoms with Crippen LogP contribution >= 0.6 is 0 Å². The Balaban J connectivity index is 1.30. The number of ether oxygens (including phenoxy) is 1. The minimum atomic E-state index is 0.194. The van der Waals surface area contributed by atoms with Crippen LogP contribution in [0.5, 0.6) is 0 Å². The molecule has 3 aliphatic rings. The highest BCUT2D eigenvalue weighted by molar-refractivity contribution is 5.81. The Hall–Kier alpha value is -2.27. The van der Waals surface area contributed by atoms with E-state index in [9.17, 15) is 0 Å². The molecule has 2 N–H and O–H groups in total. The third kappa shape index (κ3) is 3.46. The number of aliphatic imine (C=N–C) groups is 1. The van der Waals surface area contributed by atoms with Gasteiger partial charge in [-0.1, -0.05) is 36.8 Å². The first-order valence-electron chi connectivity index (χ1n) is 11.0. The SMILES string of the molecule is CC(NC(=NCCc1ccco1)NC1C2CCOC2C12CCC2)c1ccccc1. The van der Waals surface area contributed by atoms with Crippen molar-refractivity contribution in [3.8, 4) is 0 Å². The smallest absolute Gasteiger partial charge is 0.191 e. The molecule has 5 nitrogen and oxygen atoms in total. The fourth-order valence-corrected chi connectivity index (χ4v) is 5.50. The molecule has 29 heavy (non-hydrogen) atoms. The summed E-state index contributed by atoms with van der Waals surface area (Å²) in [6.07, 6.45) is 8.04. The first-order chi connectivity index (χ1) is 14.3. The van der Waals surface area contributed by atoms with E-state index in [1.807, 2.05) is 12.1 Å². The van der Waals surface area contributed by atoms with Crippen molar-refractivity contribution < 1.29 is 9.15 Å². The van der Waals surface area contributed by atoms with Gasteiger partial charge in [-0.3, -0.25) is 4.99 Å². The van der Waals surface area contributed by atoms with Gasteiger partial charge in [0.15, 0.2) is 5.96 Å². The van der Waals surface area contributed by atoms with Crippen LogP contribution in [0.2, 0.25) is 0 Å². The Kier molecular flexibility index (Phi) is 5.08. The second-order valence-corrected chi connectivity index (χ2v) is 8.79. The van der Waals surface area contributed by atoms with E-state index in [1.54, 1.807) is 6.26 Å². The van der Waals surface area contributed by atoms with Crippen LogP contribution in [0, 0.1) is 11.3 Å². The minimum Gasteiger partial charge on any atom is -0.469 e. The number of nitrogens with zero attached hydrogens (tertiary/aromatic N) is 1. The maximum Gasteiger partial charge on any atom is 0.191 e. The summed E-state index contributed by atoms with van der Waals surface area (Å²) in [6.45, 7) is 3.81. The monoisotopic (exact) mass is 393 g/mol. The Labute approximate surface area is 172 Å². The van der Waals surface area contributed by atoms with Crippen LogP contribution < -0.4 is 10.6 Å². The molecule has 0 amide bonds. The molecular formula is C24H31N3O2. The topological polar surface area (TPSA) is 58.8 Å². The summed E-state index contributed by atoms with van der Waals surface area (Å²) in [6, 6.07) is 15.2. The average Bonchev–Trinajstić information content (AvgIpc) is 3.36. The number of hydrogen-bond acceptors (Lipinski definition) is 3. The van der Waals surface area contributed by atoms with Gasteiger partial charge < -0.3 is 19.8 Å². The molecule has 4 unspecified atom stereocenters. The summed E-state index contributed by atoms with van der Waals surface area (Å²) in [7, 11) is 0.